The third kappa shape index (κ3) is 2.61. The second kappa shape index (κ2) is 5.44. The summed E-state index contributed by atoms with van der Waals surface area (Å²) in [7, 11) is 0. The van der Waals surface area contributed by atoms with Crippen LogP contribution >= 0.6 is 0 Å². The number of benzene rings is 1. The van der Waals surface area contributed by atoms with E-state index in [2.05, 4.69) is 10.3 Å². The third-order valence-corrected chi connectivity index (χ3v) is 3.43. The lowest BCUT2D eigenvalue weighted by Crippen LogP contribution is -2.23. The first kappa shape index (κ1) is 14.0. The Labute approximate surface area is 127 Å². The molecule has 110 valence electrons. The zero-order valence-corrected chi connectivity index (χ0v) is 12.3. The van der Waals surface area contributed by atoms with Gasteiger partial charge in [-0.25, -0.2) is 4.98 Å². The minimum atomic E-state index is -0.328. The lowest BCUT2D eigenvalue weighted by Gasteiger charge is -2.07. The van der Waals surface area contributed by atoms with Crippen LogP contribution in [-0.2, 0) is 0 Å². The summed E-state index contributed by atoms with van der Waals surface area (Å²) in [5.74, 6) is -0.328. The number of anilines is 1. The quantitative estimate of drug-likeness (QED) is 0.790. The Morgan fingerprint density at radius 3 is 2.55 bits per heavy atom. The highest BCUT2D eigenvalue weighted by Gasteiger charge is 2.10. The number of aryl methyl sites for hydroxylation is 2. The van der Waals surface area contributed by atoms with Gasteiger partial charge in [0.2, 0.25) is 0 Å². The van der Waals surface area contributed by atoms with Crippen molar-refractivity contribution in [2.45, 2.75) is 13.8 Å². The Morgan fingerprint density at radius 2 is 1.82 bits per heavy atom. The van der Waals surface area contributed by atoms with Crippen molar-refractivity contribution in [1.29, 1.82) is 0 Å². The molecule has 1 amide bonds. The SMILES string of the molecule is Cc1ccc(C(=O)Nc2cnc3cc(C)ccn3c2=O)cc1. The molecular formula is C17H15N3O2. The normalized spacial score (nSPS) is 10.6. The summed E-state index contributed by atoms with van der Waals surface area (Å²) >= 11 is 0. The molecule has 0 radical (unpaired) electrons. The van der Waals surface area contributed by atoms with E-state index >= 15 is 0 Å². The average Bonchev–Trinajstić information content (AvgIpc) is 2.50. The van der Waals surface area contributed by atoms with E-state index in [0.717, 1.165) is 11.1 Å². The molecule has 22 heavy (non-hydrogen) atoms. The van der Waals surface area contributed by atoms with E-state index in [1.165, 1.54) is 10.6 Å². The number of hydrogen-bond acceptors (Lipinski definition) is 3. The minimum absolute atomic E-state index is 0.159. The first-order chi connectivity index (χ1) is 10.5. The predicted octanol–water partition coefficient (Wildman–Crippen LogP) is 2.56. The highest BCUT2D eigenvalue weighted by atomic mass is 16.2. The lowest BCUT2D eigenvalue weighted by molar-refractivity contribution is 0.102. The number of nitrogens with zero attached hydrogens (tertiary/aromatic N) is 2. The van der Waals surface area contributed by atoms with Crippen molar-refractivity contribution in [2.24, 2.45) is 0 Å². The Morgan fingerprint density at radius 1 is 1.09 bits per heavy atom. The van der Waals surface area contributed by atoms with E-state index in [4.69, 9.17) is 0 Å². The number of carbonyl (C=O) groups is 1. The second-order valence-corrected chi connectivity index (χ2v) is 5.23. The van der Waals surface area contributed by atoms with Gasteiger partial charge < -0.3 is 5.32 Å². The van der Waals surface area contributed by atoms with Crippen LogP contribution in [-0.4, -0.2) is 15.3 Å². The fourth-order valence-corrected chi connectivity index (χ4v) is 2.16. The number of carbonyl (C=O) groups excluding carboxylic acids is 1. The Kier molecular flexibility index (Phi) is 3.47. The predicted molar refractivity (Wildman–Crippen MR) is 85.3 cm³/mol. The fourth-order valence-electron chi connectivity index (χ4n) is 2.16. The van der Waals surface area contributed by atoms with Crippen molar-refractivity contribution in [3.8, 4) is 0 Å². The molecule has 0 spiro atoms. The maximum Gasteiger partial charge on any atom is 0.281 e. The smallest absolute Gasteiger partial charge is 0.281 e. The largest absolute Gasteiger partial charge is 0.316 e. The summed E-state index contributed by atoms with van der Waals surface area (Å²) in [6.45, 7) is 3.88. The molecule has 0 bridgehead atoms. The van der Waals surface area contributed by atoms with E-state index < -0.39 is 0 Å². The lowest BCUT2D eigenvalue weighted by atomic mass is 10.1. The van der Waals surface area contributed by atoms with Crippen LogP contribution in [0.3, 0.4) is 0 Å². The zero-order chi connectivity index (χ0) is 15.7. The molecule has 0 aliphatic rings. The van der Waals surface area contributed by atoms with Crippen LogP contribution in [0, 0.1) is 13.8 Å². The Balaban J connectivity index is 1.95. The molecule has 3 rings (SSSR count). The van der Waals surface area contributed by atoms with Crippen LogP contribution in [0.2, 0.25) is 0 Å². The number of nitrogens with one attached hydrogen (secondary N) is 1. The molecule has 0 aliphatic heterocycles. The van der Waals surface area contributed by atoms with Crippen LogP contribution in [0.4, 0.5) is 5.69 Å². The van der Waals surface area contributed by atoms with Crippen LogP contribution < -0.4 is 10.9 Å². The van der Waals surface area contributed by atoms with E-state index in [1.807, 2.05) is 38.1 Å². The van der Waals surface area contributed by atoms with Crippen molar-refractivity contribution < 1.29 is 4.79 Å². The highest BCUT2D eigenvalue weighted by Crippen LogP contribution is 2.08. The molecule has 5 nitrogen and oxygen atoms in total. The average molecular weight is 293 g/mol. The van der Waals surface area contributed by atoms with Gasteiger partial charge in [-0.05, 0) is 43.7 Å². The van der Waals surface area contributed by atoms with Gasteiger partial charge in [-0.2, -0.15) is 0 Å². The van der Waals surface area contributed by atoms with Crippen molar-refractivity contribution >= 4 is 17.2 Å². The number of pyridine rings is 1. The van der Waals surface area contributed by atoms with E-state index in [1.54, 1.807) is 18.3 Å². The van der Waals surface area contributed by atoms with E-state index in [-0.39, 0.29) is 17.2 Å². The maximum atomic E-state index is 12.4. The standard InChI is InChI=1S/C17H15N3O2/c1-11-3-5-13(6-4-11)16(21)19-14-10-18-15-9-12(2)7-8-20(15)17(14)22/h3-10H,1-2H3,(H,19,21). The topological polar surface area (TPSA) is 63.5 Å². The van der Waals surface area contributed by atoms with Crippen molar-refractivity contribution in [3.05, 3.63) is 75.8 Å². The van der Waals surface area contributed by atoms with Crippen LogP contribution in [0.15, 0.2) is 53.6 Å². The second-order valence-electron chi connectivity index (χ2n) is 5.23. The van der Waals surface area contributed by atoms with Gasteiger partial charge in [-0.1, -0.05) is 17.7 Å². The van der Waals surface area contributed by atoms with Gasteiger partial charge in [0.15, 0.2) is 0 Å². The molecular weight excluding hydrogens is 278 g/mol. The minimum Gasteiger partial charge on any atom is -0.316 e. The fraction of sp³-hybridized carbons (Fsp3) is 0.118. The van der Waals surface area contributed by atoms with Gasteiger partial charge in [0.25, 0.3) is 11.5 Å². The van der Waals surface area contributed by atoms with Crippen LogP contribution in [0.1, 0.15) is 21.5 Å². The molecule has 0 aliphatic carbocycles. The number of hydrogen-bond donors (Lipinski definition) is 1. The molecule has 0 saturated carbocycles. The van der Waals surface area contributed by atoms with Gasteiger partial charge in [0.1, 0.15) is 11.3 Å². The zero-order valence-electron chi connectivity index (χ0n) is 12.3. The van der Waals surface area contributed by atoms with Crippen molar-refractivity contribution in [2.75, 3.05) is 5.32 Å². The maximum absolute atomic E-state index is 12.4. The molecule has 5 heteroatoms. The molecule has 2 aromatic heterocycles. The van der Waals surface area contributed by atoms with Crippen molar-refractivity contribution in [1.82, 2.24) is 9.38 Å². The van der Waals surface area contributed by atoms with Gasteiger partial charge in [-0.3, -0.25) is 14.0 Å². The summed E-state index contributed by atoms with van der Waals surface area (Å²) in [6, 6.07) is 10.8. The van der Waals surface area contributed by atoms with Gasteiger partial charge in [0, 0.05) is 11.8 Å². The number of rotatable bonds is 2. The molecule has 1 N–H and O–H groups in total. The van der Waals surface area contributed by atoms with Gasteiger partial charge >= 0.3 is 0 Å². The highest BCUT2D eigenvalue weighted by molar-refractivity contribution is 6.04. The molecule has 0 fully saturated rings. The van der Waals surface area contributed by atoms with Crippen LogP contribution in [0.5, 0.6) is 0 Å². The Hall–Kier alpha value is -2.95. The summed E-state index contributed by atoms with van der Waals surface area (Å²) < 4.78 is 1.41. The molecule has 1 aromatic carbocycles. The summed E-state index contributed by atoms with van der Waals surface area (Å²) in [4.78, 5) is 28.8. The number of amides is 1. The van der Waals surface area contributed by atoms with E-state index in [9.17, 15) is 9.59 Å². The number of aromatic nitrogens is 2. The van der Waals surface area contributed by atoms with Gasteiger partial charge in [0.05, 0.1) is 6.20 Å². The van der Waals surface area contributed by atoms with E-state index in [0.29, 0.717) is 11.2 Å². The Bertz CT molecular complexity index is 911. The van der Waals surface area contributed by atoms with Gasteiger partial charge in [-0.15, -0.1) is 0 Å². The van der Waals surface area contributed by atoms with Crippen LogP contribution in [0.25, 0.3) is 5.65 Å². The first-order valence-electron chi connectivity index (χ1n) is 6.90. The summed E-state index contributed by atoms with van der Waals surface area (Å²) in [5.41, 5.74) is 3.00. The first-order valence-corrected chi connectivity index (χ1v) is 6.90. The molecule has 0 unspecified atom stereocenters. The van der Waals surface area contributed by atoms with Crippen molar-refractivity contribution in [3.63, 3.8) is 0 Å². The summed E-state index contributed by atoms with van der Waals surface area (Å²) in [5, 5.41) is 2.62. The monoisotopic (exact) mass is 293 g/mol. The third-order valence-electron chi connectivity index (χ3n) is 3.43. The molecule has 3 aromatic rings. The summed E-state index contributed by atoms with van der Waals surface area (Å²) in [6.07, 6.45) is 3.05. The molecule has 0 atom stereocenters. The molecule has 0 saturated heterocycles. The molecule has 2 heterocycles. The number of fused-ring (bicyclic) bond motifs is 1.